The zero-order chi connectivity index (χ0) is 8.27. The second-order valence-electron chi connectivity index (χ2n) is 2.98. The third-order valence-corrected chi connectivity index (χ3v) is 2.37. The van der Waals surface area contributed by atoms with E-state index in [9.17, 15) is 9.90 Å². The first kappa shape index (κ1) is 8.29. The molecule has 0 radical (unpaired) electrons. The molecular formula is C9H12O2. The average Bonchev–Trinajstić information content (AvgIpc) is 2.34. The van der Waals surface area contributed by atoms with Gasteiger partial charge in [0, 0.05) is 18.3 Å². The van der Waals surface area contributed by atoms with Crippen molar-refractivity contribution in [3.05, 3.63) is 0 Å². The first-order chi connectivity index (χ1) is 5.29. The fraction of sp³-hybridized carbons (Fsp3) is 0.667. The van der Waals surface area contributed by atoms with E-state index in [0.29, 0.717) is 6.42 Å². The van der Waals surface area contributed by atoms with Crippen LogP contribution in [0, 0.1) is 24.2 Å². The molecule has 2 nitrogen and oxygen atoms in total. The van der Waals surface area contributed by atoms with E-state index in [2.05, 4.69) is 5.92 Å². The fourth-order valence-electron chi connectivity index (χ4n) is 1.69. The van der Waals surface area contributed by atoms with Crippen LogP contribution >= 0.6 is 0 Å². The van der Waals surface area contributed by atoms with Crippen LogP contribution in [0.1, 0.15) is 19.3 Å². The van der Waals surface area contributed by atoms with Crippen molar-refractivity contribution < 1.29 is 9.90 Å². The molecule has 0 aromatic rings. The molecule has 0 amide bonds. The van der Waals surface area contributed by atoms with E-state index in [-0.39, 0.29) is 17.9 Å². The summed E-state index contributed by atoms with van der Waals surface area (Å²) in [5, 5.41) is 9.37. The smallest absolute Gasteiger partial charge is 0.120 e. The van der Waals surface area contributed by atoms with Crippen molar-refractivity contribution in [3.8, 4) is 12.3 Å². The fourth-order valence-corrected chi connectivity index (χ4v) is 1.69. The van der Waals surface area contributed by atoms with Gasteiger partial charge >= 0.3 is 0 Å². The highest BCUT2D eigenvalue weighted by atomic mass is 16.3. The Labute approximate surface area is 66.6 Å². The van der Waals surface area contributed by atoms with Crippen LogP contribution < -0.4 is 0 Å². The zero-order valence-corrected chi connectivity index (χ0v) is 6.36. The third-order valence-electron chi connectivity index (χ3n) is 2.37. The van der Waals surface area contributed by atoms with Gasteiger partial charge in [0.1, 0.15) is 6.29 Å². The Balaban J connectivity index is 2.57. The van der Waals surface area contributed by atoms with Gasteiger partial charge in [-0.2, -0.15) is 0 Å². The van der Waals surface area contributed by atoms with E-state index in [0.717, 1.165) is 19.1 Å². The molecule has 0 heterocycles. The Morgan fingerprint density at radius 2 is 2.36 bits per heavy atom. The monoisotopic (exact) mass is 152 g/mol. The van der Waals surface area contributed by atoms with Crippen molar-refractivity contribution in [2.75, 3.05) is 0 Å². The van der Waals surface area contributed by atoms with E-state index >= 15 is 0 Å². The minimum Gasteiger partial charge on any atom is -0.393 e. The summed E-state index contributed by atoms with van der Waals surface area (Å²) in [6.07, 6.45) is 7.72. The van der Waals surface area contributed by atoms with Crippen molar-refractivity contribution in [1.82, 2.24) is 0 Å². The van der Waals surface area contributed by atoms with E-state index in [4.69, 9.17) is 6.42 Å². The van der Waals surface area contributed by atoms with Gasteiger partial charge in [0.05, 0.1) is 6.10 Å². The first-order valence-corrected chi connectivity index (χ1v) is 3.87. The molecule has 0 aliphatic heterocycles. The molecule has 3 atom stereocenters. The van der Waals surface area contributed by atoms with Gasteiger partial charge in [-0.3, -0.25) is 0 Å². The van der Waals surface area contributed by atoms with Crippen LogP contribution in [0.3, 0.4) is 0 Å². The summed E-state index contributed by atoms with van der Waals surface area (Å²) in [5.74, 6) is 2.73. The summed E-state index contributed by atoms with van der Waals surface area (Å²) in [7, 11) is 0. The van der Waals surface area contributed by atoms with Crippen molar-refractivity contribution in [3.63, 3.8) is 0 Å². The van der Waals surface area contributed by atoms with Gasteiger partial charge in [0.15, 0.2) is 0 Å². The van der Waals surface area contributed by atoms with Gasteiger partial charge in [-0.15, -0.1) is 12.3 Å². The lowest BCUT2D eigenvalue weighted by atomic mass is 9.93. The van der Waals surface area contributed by atoms with E-state index < -0.39 is 0 Å². The van der Waals surface area contributed by atoms with Gasteiger partial charge in [-0.25, -0.2) is 0 Å². The minimum absolute atomic E-state index is 0.0116. The SMILES string of the molecule is C#C[C@H]1CC[C@H](O)[C@@H]1CC=O. The standard InChI is InChI=1S/C9H12O2/c1-2-7-3-4-9(11)8(7)5-6-10/h1,6-9,11H,3-5H2/t7-,8+,9-/m0/s1. The largest absolute Gasteiger partial charge is 0.393 e. The molecule has 1 saturated carbocycles. The zero-order valence-electron chi connectivity index (χ0n) is 6.36. The second kappa shape index (κ2) is 3.54. The summed E-state index contributed by atoms with van der Waals surface area (Å²) in [4.78, 5) is 10.2. The summed E-state index contributed by atoms with van der Waals surface area (Å²) in [6, 6.07) is 0. The lowest BCUT2D eigenvalue weighted by Gasteiger charge is -2.14. The summed E-state index contributed by atoms with van der Waals surface area (Å²) in [6.45, 7) is 0. The van der Waals surface area contributed by atoms with E-state index in [1.165, 1.54) is 0 Å². The highest BCUT2D eigenvalue weighted by Gasteiger charge is 2.32. The number of rotatable bonds is 2. The summed E-state index contributed by atoms with van der Waals surface area (Å²) < 4.78 is 0. The molecule has 11 heavy (non-hydrogen) atoms. The quantitative estimate of drug-likeness (QED) is 0.464. The minimum atomic E-state index is -0.360. The van der Waals surface area contributed by atoms with Gasteiger partial charge in [-0.1, -0.05) is 0 Å². The van der Waals surface area contributed by atoms with Crippen LogP contribution in [0.5, 0.6) is 0 Å². The predicted molar refractivity (Wildman–Crippen MR) is 41.7 cm³/mol. The average molecular weight is 152 g/mol. The predicted octanol–water partition coefficient (Wildman–Crippen LogP) is 0.596. The first-order valence-electron chi connectivity index (χ1n) is 3.87. The van der Waals surface area contributed by atoms with Gasteiger partial charge in [-0.05, 0) is 12.8 Å². The molecule has 0 unspecified atom stereocenters. The molecule has 1 aliphatic rings. The number of aldehydes is 1. The van der Waals surface area contributed by atoms with Gasteiger partial charge in [0.2, 0.25) is 0 Å². The summed E-state index contributed by atoms with van der Waals surface area (Å²) in [5.41, 5.74) is 0. The number of aliphatic hydroxyl groups is 1. The highest BCUT2D eigenvalue weighted by Crippen LogP contribution is 2.33. The molecule has 0 bridgehead atoms. The molecule has 1 N–H and O–H groups in total. The third kappa shape index (κ3) is 1.61. The van der Waals surface area contributed by atoms with Crippen molar-refractivity contribution in [2.24, 2.45) is 11.8 Å². The molecule has 0 spiro atoms. The number of carbonyl (C=O) groups excluding carboxylic acids is 1. The van der Waals surface area contributed by atoms with Crippen molar-refractivity contribution in [2.45, 2.75) is 25.4 Å². The lowest BCUT2D eigenvalue weighted by Crippen LogP contribution is -2.18. The normalized spacial score (nSPS) is 36.5. The number of terminal acetylenes is 1. The molecule has 0 saturated heterocycles. The molecule has 1 aliphatic carbocycles. The van der Waals surface area contributed by atoms with E-state index in [1.807, 2.05) is 0 Å². The Hall–Kier alpha value is -0.810. The van der Waals surface area contributed by atoms with Crippen LogP contribution in [0.15, 0.2) is 0 Å². The van der Waals surface area contributed by atoms with E-state index in [1.54, 1.807) is 0 Å². The molecule has 60 valence electrons. The number of carbonyl (C=O) groups is 1. The van der Waals surface area contributed by atoms with Crippen LogP contribution in [0.25, 0.3) is 0 Å². The highest BCUT2D eigenvalue weighted by molar-refractivity contribution is 5.50. The van der Waals surface area contributed by atoms with Crippen LogP contribution in [0.2, 0.25) is 0 Å². The lowest BCUT2D eigenvalue weighted by molar-refractivity contribution is -0.109. The van der Waals surface area contributed by atoms with Crippen LogP contribution in [-0.2, 0) is 4.79 Å². The maximum Gasteiger partial charge on any atom is 0.120 e. The summed E-state index contributed by atoms with van der Waals surface area (Å²) >= 11 is 0. The molecular weight excluding hydrogens is 140 g/mol. The molecule has 0 aromatic heterocycles. The Morgan fingerprint density at radius 1 is 1.64 bits per heavy atom. The number of hydrogen-bond donors (Lipinski definition) is 1. The molecule has 1 rings (SSSR count). The topological polar surface area (TPSA) is 37.3 Å². The maximum absolute atomic E-state index is 10.2. The molecule has 1 fully saturated rings. The van der Waals surface area contributed by atoms with Gasteiger partial charge in [0.25, 0.3) is 0 Å². The second-order valence-corrected chi connectivity index (χ2v) is 2.98. The Bertz CT molecular complexity index is 180. The maximum atomic E-state index is 10.2. The Kier molecular flexibility index (Phi) is 2.67. The van der Waals surface area contributed by atoms with Crippen molar-refractivity contribution >= 4 is 6.29 Å². The molecule has 2 heteroatoms. The Morgan fingerprint density at radius 3 is 2.91 bits per heavy atom. The van der Waals surface area contributed by atoms with Crippen molar-refractivity contribution in [1.29, 1.82) is 0 Å². The van der Waals surface area contributed by atoms with Crippen LogP contribution in [-0.4, -0.2) is 17.5 Å². The number of hydrogen-bond acceptors (Lipinski definition) is 2. The van der Waals surface area contributed by atoms with Gasteiger partial charge < -0.3 is 9.90 Å². The van der Waals surface area contributed by atoms with Crippen LogP contribution in [0.4, 0.5) is 0 Å². The molecule has 0 aromatic carbocycles. The number of aliphatic hydroxyl groups excluding tert-OH is 1.